The van der Waals surface area contributed by atoms with Crippen molar-refractivity contribution in [2.75, 3.05) is 0 Å². The minimum atomic E-state index is 0.925. The van der Waals surface area contributed by atoms with Crippen LogP contribution in [0.1, 0.15) is 16.3 Å². The highest BCUT2D eigenvalue weighted by molar-refractivity contribution is 9.10. The van der Waals surface area contributed by atoms with Crippen molar-refractivity contribution < 1.29 is 0 Å². The summed E-state index contributed by atoms with van der Waals surface area (Å²) in [5.74, 6) is 0. The fourth-order valence-corrected chi connectivity index (χ4v) is 4.48. The Labute approximate surface area is 129 Å². The number of pyridine rings is 1. The SMILES string of the molecule is Cc1nc(Br)c(-c2ccnc3c2-c2ccccc2C3)s1. The van der Waals surface area contributed by atoms with Gasteiger partial charge < -0.3 is 0 Å². The molecule has 0 N–H and O–H groups in total. The van der Waals surface area contributed by atoms with Crippen LogP contribution in [0.15, 0.2) is 41.1 Å². The minimum absolute atomic E-state index is 0.925. The molecule has 1 aliphatic carbocycles. The van der Waals surface area contributed by atoms with E-state index in [1.807, 2.05) is 13.1 Å². The maximum atomic E-state index is 4.57. The van der Waals surface area contributed by atoms with Crippen LogP contribution in [0.4, 0.5) is 0 Å². The first-order valence-electron chi connectivity index (χ1n) is 6.43. The number of hydrogen-bond donors (Lipinski definition) is 0. The summed E-state index contributed by atoms with van der Waals surface area (Å²) in [7, 11) is 0. The van der Waals surface area contributed by atoms with Gasteiger partial charge in [-0.2, -0.15) is 0 Å². The second kappa shape index (κ2) is 4.50. The summed E-state index contributed by atoms with van der Waals surface area (Å²) in [6.07, 6.45) is 2.83. The van der Waals surface area contributed by atoms with E-state index in [1.54, 1.807) is 11.3 Å². The van der Waals surface area contributed by atoms with Crippen LogP contribution in [-0.2, 0) is 6.42 Å². The molecule has 2 aromatic heterocycles. The Morgan fingerprint density at radius 2 is 2.00 bits per heavy atom. The highest BCUT2D eigenvalue weighted by atomic mass is 79.9. The van der Waals surface area contributed by atoms with Crippen molar-refractivity contribution in [3.05, 3.63) is 57.4 Å². The summed E-state index contributed by atoms with van der Waals surface area (Å²) in [5, 5.41) is 1.07. The van der Waals surface area contributed by atoms with Crippen molar-refractivity contribution in [3.63, 3.8) is 0 Å². The van der Waals surface area contributed by atoms with Crippen molar-refractivity contribution in [2.45, 2.75) is 13.3 Å². The first-order valence-corrected chi connectivity index (χ1v) is 8.04. The first kappa shape index (κ1) is 12.2. The lowest BCUT2D eigenvalue weighted by atomic mass is 10.0. The van der Waals surface area contributed by atoms with Crippen LogP contribution < -0.4 is 0 Å². The molecule has 2 heterocycles. The maximum absolute atomic E-state index is 4.57. The molecule has 4 rings (SSSR count). The number of thiazole rings is 1. The molecule has 4 heteroatoms. The lowest BCUT2D eigenvalue weighted by Gasteiger charge is -2.07. The molecular weight excluding hydrogens is 332 g/mol. The number of nitrogens with zero attached hydrogens (tertiary/aromatic N) is 2. The Kier molecular flexibility index (Phi) is 2.75. The first-order chi connectivity index (χ1) is 9.74. The number of rotatable bonds is 1. The van der Waals surface area contributed by atoms with E-state index >= 15 is 0 Å². The summed E-state index contributed by atoms with van der Waals surface area (Å²) < 4.78 is 0.929. The van der Waals surface area contributed by atoms with Crippen LogP contribution in [0.2, 0.25) is 0 Å². The summed E-state index contributed by atoms with van der Waals surface area (Å²) in [6.45, 7) is 2.04. The van der Waals surface area contributed by atoms with Crippen LogP contribution in [-0.4, -0.2) is 9.97 Å². The normalized spacial score (nSPS) is 12.3. The minimum Gasteiger partial charge on any atom is -0.260 e. The fraction of sp³-hybridized carbons (Fsp3) is 0.125. The van der Waals surface area contributed by atoms with Gasteiger partial charge in [0.05, 0.1) is 15.6 Å². The molecule has 0 amide bonds. The van der Waals surface area contributed by atoms with E-state index < -0.39 is 0 Å². The quantitative estimate of drug-likeness (QED) is 0.494. The monoisotopic (exact) mass is 342 g/mol. The van der Waals surface area contributed by atoms with Gasteiger partial charge in [-0.1, -0.05) is 24.3 Å². The zero-order valence-electron chi connectivity index (χ0n) is 10.9. The summed E-state index contributed by atoms with van der Waals surface area (Å²) in [5.41, 5.74) is 6.34. The predicted octanol–water partition coefficient (Wildman–Crippen LogP) is 4.85. The molecule has 20 heavy (non-hydrogen) atoms. The van der Waals surface area contributed by atoms with Crippen LogP contribution in [0.25, 0.3) is 21.6 Å². The summed E-state index contributed by atoms with van der Waals surface area (Å²) in [6, 6.07) is 10.7. The molecular formula is C16H11BrN2S. The molecule has 0 saturated heterocycles. The number of aromatic nitrogens is 2. The molecule has 2 nitrogen and oxygen atoms in total. The van der Waals surface area contributed by atoms with E-state index in [1.165, 1.54) is 32.8 Å². The van der Waals surface area contributed by atoms with Crippen LogP contribution >= 0.6 is 27.3 Å². The van der Waals surface area contributed by atoms with Crippen molar-refractivity contribution in [1.29, 1.82) is 0 Å². The van der Waals surface area contributed by atoms with Crippen LogP contribution in [0.3, 0.4) is 0 Å². The summed E-state index contributed by atoms with van der Waals surface area (Å²) in [4.78, 5) is 10.2. The Morgan fingerprint density at radius 3 is 2.80 bits per heavy atom. The third-order valence-corrected chi connectivity index (χ3v) is 5.45. The van der Waals surface area contributed by atoms with Gasteiger partial charge in [0.1, 0.15) is 4.60 Å². The van der Waals surface area contributed by atoms with Crippen molar-refractivity contribution >= 4 is 27.3 Å². The average molecular weight is 343 g/mol. The smallest absolute Gasteiger partial charge is 0.125 e. The lowest BCUT2D eigenvalue weighted by molar-refractivity contribution is 1.12. The third kappa shape index (κ3) is 1.75. The largest absolute Gasteiger partial charge is 0.260 e. The van der Waals surface area contributed by atoms with Crippen molar-refractivity contribution in [2.24, 2.45) is 0 Å². The number of hydrogen-bond acceptors (Lipinski definition) is 3. The second-order valence-electron chi connectivity index (χ2n) is 4.87. The fourth-order valence-electron chi connectivity index (χ4n) is 2.80. The van der Waals surface area contributed by atoms with Gasteiger partial charge in [-0.3, -0.25) is 4.98 Å². The zero-order valence-corrected chi connectivity index (χ0v) is 13.3. The summed E-state index contributed by atoms with van der Waals surface area (Å²) >= 11 is 5.30. The molecule has 98 valence electrons. The Morgan fingerprint density at radius 1 is 1.15 bits per heavy atom. The highest BCUT2D eigenvalue weighted by Crippen LogP contribution is 2.45. The molecule has 0 unspecified atom stereocenters. The molecule has 1 aliphatic rings. The van der Waals surface area contributed by atoms with Crippen LogP contribution in [0.5, 0.6) is 0 Å². The molecule has 0 saturated carbocycles. The van der Waals surface area contributed by atoms with Gasteiger partial charge in [0.15, 0.2) is 0 Å². The van der Waals surface area contributed by atoms with Crippen LogP contribution in [0, 0.1) is 6.92 Å². The van der Waals surface area contributed by atoms with Crippen molar-refractivity contribution in [3.8, 4) is 21.6 Å². The number of aryl methyl sites for hydroxylation is 1. The molecule has 0 aliphatic heterocycles. The van der Waals surface area contributed by atoms with E-state index in [4.69, 9.17) is 0 Å². The van der Waals surface area contributed by atoms with Gasteiger partial charge in [-0.25, -0.2) is 4.98 Å². The third-order valence-electron chi connectivity index (χ3n) is 3.61. The standard InChI is InChI=1S/C16H11BrN2S/c1-9-19-16(17)15(20-9)12-6-7-18-13-8-10-4-2-3-5-11(10)14(12)13/h2-7H,8H2,1H3. The highest BCUT2D eigenvalue weighted by Gasteiger charge is 2.24. The van der Waals surface area contributed by atoms with Gasteiger partial charge in [0.2, 0.25) is 0 Å². The van der Waals surface area contributed by atoms with Gasteiger partial charge in [0, 0.05) is 23.7 Å². The molecule has 0 spiro atoms. The number of halogens is 1. The number of benzene rings is 1. The lowest BCUT2D eigenvalue weighted by Crippen LogP contribution is -1.88. The van der Waals surface area contributed by atoms with Gasteiger partial charge in [-0.15, -0.1) is 11.3 Å². The molecule has 0 fully saturated rings. The van der Waals surface area contributed by atoms with E-state index in [-0.39, 0.29) is 0 Å². The van der Waals surface area contributed by atoms with Gasteiger partial charge >= 0.3 is 0 Å². The predicted molar refractivity (Wildman–Crippen MR) is 86.0 cm³/mol. The van der Waals surface area contributed by atoms with E-state index in [2.05, 4.69) is 56.2 Å². The second-order valence-corrected chi connectivity index (χ2v) is 6.82. The van der Waals surface area contributed by atoms with E-state index in [0.717, 1.165) is 16.0 Å². The van der Waals surface area contributed by atoms with Gasteiger partial charge in [0.25, 0.3) is 0 Å². The van der Waals surface area contributed by atoms with E-state index in [0.29, 0.717) is 0 Å². The molecule has 3 aromatic rings. The van der Waals surface area contributed by atoms with Crippen molar-refractivity contribution in [1.82, 2.24) is 9.97 Å². The maximum Gasteiger partial charge on any atom is 0.125 e. The molecule has 0 bridgehead atoms. The Bertz CT molecular complexity index is 823. The van der Waals surface area contributed by atoms with Gasteiger partial charge in [-0.05, 0) is 40.0 Å². The molecule has 0 radical (unpaired) electrons. The average Bonchev–Trinajstić information content (AvgIpc) is 2.98. The number of fused-ring (bicyclic) bond motifs is 3. The Hall–Kier alpha value is -1.52. The zero-order chi connectivity index (χ0) is 13.7. The molecule has 0 atom stereocenters. The topological polar surface area (TPSA) is 25.8 Å². The Balaban J connectivity index is 2.02. The van der Waals surface area contributed by atoms with E-state index in [9.17, 15) is 0 Å². The molecule has 1 aromatic carbocycles.